The van der Waals surface area contributed by atoms with Crippen molar-refractivity contribution in [1.29, 1.82) is 0 Å². The summed E-state index contributed by atoms with van der Waals surface area (Å²) in [6, 6.07) is -0.0532. The summed E-state index contributed by atoms with van der Waals surface area (Å²) in [5.41, 5.74) is -1.81. The average molecular weight is 359 g/mol. The Labute approximate surface area is 148 Å². The molecule has 2 amide bonds. The Kier molecular flexibility index (Phi) is 6.13. The molecule has 0 aromatic rings. The van der Waals surface area contributed by atoms with Crippen LogP contribution < -0.4 is 5.32 Å². The fourth-order valence-electron chi connectivity index (χ4n) is 3.41. The highest BCUT2D eigenvalue weighted by molar-refractivity contribution is 5.68. The van der Waals surface area contributed by atoms with Gasteiger partial charge >= 0.3 is 12.2 Å². The summed E-state index contributed by atoms with van der Waals surface area (Å²) in [6.45, 7) is 7.75. The van der Waals surface area contributed by atoms with Crippen molar-refractivity contribution in [1.82, 2.24) is 15.1 Å². The van der Waals surface area contributed by atoms with Crippen molar-refractivity contribution in [3.05, 3.63) is 0 Å². The largest absolute Gasteiger partial charge is 0.465 e. The van der Waals surface area contributed by atoms with Gasteiger partial charge in [0.2, 0.25) is 0 Å². The molecule has 7 nitrogen and oxygen atoms in total. The Hall–Kier alpha value is -1.57. The predicted octanol–water partition coefficient (Wildman–Crippen LogP) is 2.46. The third-order valence-corrected chi connectivity index (χ3v) is 4.75. The average Bonchev–Trinajstić information content (AvgIpc) is 2.48. The van der Waals surface area contributed by atoms with Crippen LogP contribution >= 0.6 is 0 Å². The third kappa shape index (κ3) is 6.34. The molecule has 1 saturated heterocycles. The molecule has 1 heterocycles. The highest BCUT2D eigenvalue weighted by atomic mass is 19.1. The number of alkyl carbamates (subject to hydrolysis) is 1. The number of carbonyl (C=O) groups is 2. The number of hydrogen-bond donors (Lipinski definition) is 2. The molecule has 8 heteroatoms. The summed E-state index contributed by atoms with van der Waals surface area (Å²) >= 11 is 0. The fourth-order valence-corrected chi connectivity index (χ4v) is 3.41. The van der Waals surface area contributed by atoms with Crippen molar-refractivity contribution in [3.8, 4) is 0 Å². The van der Waals surface area contributed by atoms with Crippen LogP contribution in [0.2, 0.25) is 0 Å². The van der Waals surface area contributed by atoms with Crippen LogP contribution in [0.4, 0.5) is 14.0 Å². The van der Waals surface area contributed by atoms with Crippen LogP contribution in [0.3, 0.4) is 0 Å². The van der Waals surface area contributed by atoms with Gasteiger partial charge in [-0.25, -0.2) is 14.0 Å². The Balaban J connectivity index is 1.73. The van der Waals surface area contributed by atoms with Gasteiger partial charge in [-0.15, -0.1) is 0 Å². The van der Waals surface area contributed by atoms with Crippen molar-refractivity contribution < 1.29 is 23.8 Å². The number of rotatable bonds is 3. The van der Waals surface area contributed by atoms with E-state index in [1.165, 1.54) is 4.90 Å². The molecule has 0 radical (unpaired) electrons. The molecule has 0 spiro atoms. The van der Waals surface area contributed by atoms with Gasteiger partial charge in [0.05, 0.1) is 0 Å². The van der Waals surface area contributed by atoms with E-state index in [2.05, 4.69) is 5.32 Å². The summed E-state index contributed by atoms with van der Waals surface area (Å²) in [4.78, 5) is 26.1. The molecule has 0 aromatic heterocycles. The maximum absolute atomic E-state index is 15.1. The SMILES string of the molecule is CC(C)(C)OC(=O)N[C@H]1CC[C@](F)(CN2CCN(C(=O)O)CC2)CC1. The zero-order chi connectivity index (χ0) is 18.7. The van der Waals surface area contributed by atoms with E-state index in [0.717, 1.165) is 0 Å². The standard InChI is InChI=1S/C17H30FN3O4/c1-16(2,3)25-14(22)19-13-4-6-17(18,7-5-13)12-20-8-10-21(11-9-20)15(23)24/h13H,4-12H2,1-3H3,(H,19,22)(H,23,24)/t13-,17+. The summed E-state index contributed by atoms with van der Waals surface area (Å²) in [5.74, 6) is 0. The number of alkyl halides is 1. The van der Waals surface area contributed by atoms with Gasteiger partial charge in [0.15, 0.2) is 0 Å². The molecule has 0 bridgehead atoms. The second kappa shape index (κ2) is 7.76. The first-order valence-corrected chi connectivity index (χ1v) is 8.95. The van der Waals surface area contributed by atoms with Gasteiger partial charge in [0.1, 0.15) is 11.3 Å². The lowest BCUT2D eigenvalue weighted by molar-refractivity contribution is 0.0213. The van der Waals surface area contributed by atoms with E-state index in [0.29, 0.717) is 58.4 Å². The molecule has 1 aliphatic carbocycles. The molecule has 1 saturated carbocycles. The smallest absolute Gasteiger partial charge is 0.407 e. The number of ether oxygens (including phenoxy) is 1. The van der Waals surface area contributed by atoms with Gasteiger partial charge in [-0.1, -0.05) is 0 Å². The zero-order valence-corrected chi connectivity index (χ0v) is 15.4. The Bertz CT molecular complexity index is 479. The number of amides is 2. The second-order valence-corrected chi connectivity index (χ2v) is 8.12. The van der Waals surface area contributed by atoms with E-state index >= 15 is 4.39 Å². The Morgan fingerprint density at radius 2 is 1.76 bits per heavy atom. The maximum Gasteiger partial charge on any atom is 0.407 e. The number of carboxylic acid groups (broad SMARTS) is 1. The predicted molar refractivity (Wildman–Crippen MR) is 91.5 cm³/mol. The second-order valence-electron chi connectivity index (χ2n) is 8.12. The van der Waals surface area contributed by atoms with Gasteiger partial charge in [0, 0.05) is 38.8 Å². The van der Waals surface area contributed by atoms with Crippen LogP contribution in [0.5, 0.6) is 0 Å². The Morgan fingerprint density at radius 3 is 2.24 bits per heavy atom. The van der Waals surface area contributed by atoms with Crippen LogP contribution in [0, 0.1) is 0 Å². The van der Waals surface area contributed by atoms with Gasteiger partial charge in [0.25, 0.3) is 0 Å². The van der Waals surface area contributed by atoms with Crippen molar-refractivity contribution >= 4 is 12.2 Å². The van der Waals surface area contributed by atoms with Crippen LogP contribution in [0.15, 0.2) is 0 Å². The first-order chi connectivity index (χ1) is 11.6. The first-order valence-electron chi connectivity index (χ1n) is 8.95. The van der Waals surface area contributed by atoms with E-state index in [9.17, 15) is 9.59 Å². The van der Waals surface area contributed by atoms with Crippen molar-refractivity contribution in [2.75, 3.05) is 32.7 Å². The molecule has 2 aliphatic rings. The third-order valence-electron chi connectivity index (χ3n) is 4.75. The van der Waals surface area contributed by atoms with Crippen LogP contribution in [0.25, 0.3) is 0 Å². The molecule has 2 fully saturated rings. The highest BCUT2D eigenvalue weighted by Crippen LogP contribution is 2.33. The molecule has 2 N–H and O–H groups in total. The monoisotopic (exact) mass is 359 g/mol. The highest BCUT2D eigenvalue weighted by Gasteiger charge is 2.38. The fraction of sp³-hybridized carbons (Fsp3) is 0.882. The number of carbonyl (C=O) groups excluding carboxylic acids is 1. The first kappa shape index (κ1) is 19.8. The Morgan fingerprint density at radius 1 is 1.20 bits per heavy atom. The molecule has 0 aromatic carbocycles. The molecular formula is C17H30FN3O4. The molecule has 25 heavy (non-hydrogen) atoms. The number of nitrogens with zero attached hydrogens (tertiary/aromatic N) is 2. The minimum Gasteiger partial charge on any atom is -0.465 e. The lowest BCUT2D eigenvalue weighted by Crippen LogP contribution is -2.53. The van der Waals surface area contributed by atoms with Gasteiger partial charge in [-0.2, -0.15) is 0 Å². The van der Waals surface area contributed by atoms with Crippen LogP contribution in [-0.2, 0) is 4.74 Å². The maximum atomic E-state index is 15.1. The van der Waals surface area contributed by atoms with Crippen LogP contribution in [-0.4, -0.2) is 77.1 Å². The molecule has 0 atom stereocenters. The van der Waals surface area contributed by atoms with Gasteiger partial charge in [-0.05, 0) is 46.5 Å². The van der Waals surface area contributed by atoms with Crippen molar-refractivity contribution in [2.45, 2.75) is 63.8 Å². The molecule has 2 rings (SSSR count). The molecular weight excluding hydrogens is 329 g/mol. The normalized spacial score (nSPS) is 28.5. The van der Waals surface area contributed by atoms with Gasteiger partial charge in [-0.3, -0.25) is 4.90 Å². The zero-order valence-electron chi connectivity index (χ0n) is 15.4. The van der Waals surface area contributed by atoms with E-state index in [4.69, 9.17) is 9.84 Å². The lowest BCUT2D eigenvalue weighted by atomic mass is 9.83. The number of hydrogen-bond acceptors (Lipinski definition) is 4. The minimum atomic E-state index is -1.27. The quantitative estimate of drug-likeness (QED) is 0.809. The number of halogens is 1. The molecule has 1 aliphatic heterocycles. The lowest BCUT2D eigenvalue weighted by Gasteiger charge is -2.40. The molecule has 144 valence electrons. The van der Waals surface area contributed by atoms with E-state index in [1.807, 2.05) is 25.7 Å². The van der Waals surface area contributed by atoms with Crippen molar-refractivity contribution in [2.24, 2.45) is 0 Å². The number of nitrogens with one attached hydrogen (secondary N) is 1. The van der Waals surface area contributed by atoms with Crippen molar-refractivity contribution in [3.63, 3.8) is 0 Å². The van der Waals surface area contributed by atoms with E-state index in [-0.39, 0.29) is 6.04 Å². The van der Waals surface area contributed by atoms with E-state index < -0.39 is 23.5 Å². The summed E-state index contributed by atoms with van der Waals surface area (Å²) < 4.78 is 20.3. The summed E-state index contributed by atoms with van der Waals surface area (Å²) in [7, 11) is 0. The topological polar surface area (TPSA) is 82.1 Å². The van der Waals surface area contributed by atoms with Gasteiger partial charge < -0.3 is 20.1 Å². The molecule has 0 unspecified atom stereocenters. The van der Waals surface area contributed by atoms with E-state index in [1.54, 1.807) is 0 Å². The number of piperazine rings is 1. The summed E-state index contributed by atoms with van der Waals surface area (Å²) in [5, 5.41) is 11.8. The van der Waals surface area contributed by atoms with Crippen LogP contribution in [0.1, 0.15) is 46.5 Å². The minimum absolute atomic E-state index is 0.0532. The summed E-state index contributed by atoms with van der Waals surface area (Å²) in [6.07, 6.45) is 0.603.